The van der Waals surface area contributed by atoms with E-state index < -0.39 is 0 Å². The van der Waals surface area contributed by atoms with Crippen LogP contribution in [0, 0.1) is 4.51 Å². The lowest BCUT2D eigenvalue weighted by Gasteiger charge is -2.17. The molecule has 0 saturated carbocycles. The van der Waals surface area contributed by atoms with Crippen molar-refractivity contribution in [3.8, 4) is 39.5 Å². The number of benzene rings is 2. The van der Waals surface area contributed by atoms with Crippen molar-refractivity contribution in [2.45, 2.75) is 70.8 Å². The zero-order chi connectivity index (χ0) is 30.2. The molecule has 8 heteroatoms. The molecule has 0 atom stereocenters. The van der Waals surface area contributed by atoms with E-state index in [0.717, 1.165) is 40.8 Å². The molecule has 1 aromatic heterocycles. The SMILES string of the molecule is COC(=O)Cn1cc(-c2ccc(OC)cc2OC)c(=S)c(-c2ccccc2OCCCCCCCCCCCCI)c1. The lowest BCUT2D eigenvalue weighted by Crippen LogP contribution is -2.12. The number of esters is 1. The first-order chi connectivity index (χ1) is 20.5. The fourth-order valence-corrected chi connectivity index (χ4v) is 5.81. The van der Waals surface area contributed by atoms with E-state index in [1.807, 2.05) is 54.9 Å². The Hall–Kier alpha value is -2.59. The molecule has 0 spiro atoms. The first-order valence-corrected chi connectivity index (χ1v) is 16.8. The number of halogens is 1. The maximum atomic E-state index is 12.2. The predicted molar refractivity (Wildman–Crippen MR) is 182 cm³/mol. The Balaban J connectivity index is 1.75. The molecule has 0 N–H and O–H groups in total. The number of alkyl halides is 1. The second-order valence-corrected chi connectivity index (χ2v) is 11.8. The summed E-state index contributed by atoms with van der Waals surface area (Å²) in [5.74, 6) is 1.74. The smallest absolute Gasteiger partial charge is 0.325 e. The summed E-state index contributed by atoms with van der Waals surface area (Å²) in [5.41, 5.74) is 3.27. The van der Waals surface area contributed by atoms with Crippen LogP contribution in [-0.4, -0.2) is 42.9 Å². The highest BCUT2D eigenvalue weighted by Gasteiger charge is 2.17. The number of rotatable bonds is 19. The molecule has 2 aromatic carbocycles. The minimum Gasteiger partial charge on any atom is -0.497 e. The van der Waals surface area contributed by atoms with E-state index >= 15 is 0 Å². The van der Waals surface area contributed by atoms with Crippen molar-refractivity contribution in [1.29, 1.82) is 0 Å². The number of para-hydroxylation sites is 1. The van der Waals surface area contributed by atoms with Gasteiger partial charge in [-0.2, -0.15) is 0 Å². The Labute approximate surface area is 269 Å². The second kappa shape index (κ2) is 18.8. The molecule has 6 nitrogen and oxygen atoms in total. The van der Waals surface area contributed by atoms with Gasteiger partial charge in [-0.05, 0) is 35.5 Å². The number of pyridine rings is 1. The van der Waals surface area contributed by atoms with Crippen LogP contribution in [0.4, 0.5) is 0 Å². The fraction of sp³-hybridized carbons (Fsp3) is 0.471. The highest BCUT2D eigenvalue weighted by atomic mass is 127. The molecule has 0 radical (unpaired) electrons. The second-order valence-electron chi connectivity index (χ2n) is 10.3. The van der Waals surface area contributed by atoms with Crippen LogP contribution in [0.3, 0.4) is 0 Å². The molecule has 42 heavy (non-hydrogen) atoms. The Morgan fingerprint density at radius 1 is 0.738 bits per heavy atom. The van der Waals surface area contributed by atoms with E-state index in [-0.39, 0.29) is 12.5 Å². The van der Waals surface area contributed by atoms with Gasteiger partial charge in [-0.3, -0.25) is 4.79 Å². The number of carbonyl (C=O) groups is 1. The van der Waals surface area contributed by atoms with Gasteiger partial charge in [-0.15, -0.1) is 0 Å². The maximum Gasteiger partial charge on any atom is 0.325 e. The van der Waals surface area contributed by atoms with Gasteiger partial charge in [0.2, 0.25) is 0 Å². The quantitative estimate of drug-likeness (QED) is 0.0407. The van der Waals surface area contributed by atoms with Crippen molar-refractivity contribution in [2.24, 2.45) is 0 Å². The van der Waals surface area contributed by atoms with Gasteiger partial charge < -0.3 is 23.5 Å². The molecular weight excluding hydrogens is 661 g/mol. The third-order valence-corrected chi connectivity index (χ3v) is 8.48. The van der Waals surface area contributed by atoms with Crippen LogP contribution in [-0.2, 0) is 16.1 Å². The zero-order valence-electron chi connectivity index (χ0n) is 25.2. The third kappa shape index (κ3) is 10.3. The molecule has 3 aromatic rings. The van der Waals surface area contributed by atoms with Crippen LogP contribution in [0.15, 0.2) is 54.9 Å². The Morgan fingerprint density at radius 3 is 1.93 bits per heavy atom. The molecule has 0 saturated heterocycles. The molecule has 228 valence electrons. The summed E-state index contributed by atoms with van der Waals surface area (Å²) in [6, 6.07) is 13.6. The van der Waals surface area contributed by atoms with Crippen LogP contribution in [0.5, 0.6) is 17.2 Å². The minimum atomic E-state index is -0.351. The van der Waals surface area contributed by atoms with Crippen molar-refractivity contribution in [3.05, 3.63) is 59.4 Å². The number of aromatic nitrogens is 1. The number of ether oxygens (including phenoxy) is 4. The van der Waals surface area contributed by atoms with Crippen molar-refractivity contribution in [3.63, 3.8) is 0 Å². The highest BCUT2D eigenvalue weighted by Crippen LogP contribution is 2.38. The fourth-order valence-electron chi connectivity index (χ4n) is 4.95. The first kappa shape index (κ1) is 33.9. The van der Waals surface area contributed by atoms with Crippen LogP contribution < -0.4 is 14.2 Å². The van der Waals surface area contributed by atoms with Gasteiger partial charge in [0.25, 0.3) is 0 Å². The molecule has 0 unspecified atom stereocenters. The third-order valence-electron chi connectivity index (χ3n) is 7.28. The maximum absolute atomic E-state index is 12.2. The highest BCUT2D eigenvalue weighted by molar-refractivity contribution is 14.1. The minimum absolute atomic E-state index is 0.0477. The molecule has 0 aliphatic rings. The van der Waals surface area contributed by atoms with Gasteiger partial charge in [0.05, 0.1) is 32.4 Å². The molecule has 0 fully saturated rings. The number of hydrogen-bond donors (Lipinski definition) is 0. The summed E-state index contributed by atoms with van der Waals surface area (Å²) in [5, 5.41) is 0. The van der Waals surface area contributed by atoms with Gasteiger partial charge in [0, 0.05) is 40.7 Å². The van der Waals surface area contributed by atoms with E-state index in [9.17, 15) is 4.79 Å². The van der Waals surface area contributed by atoms with Crippen molar-refractivity contribution >= 4 is 40.8 Å². The van der Waals surface area contributed by atoms with Gasteiger partial charge in [-0.1, -0.05) is 104 Å². The summed E-state index contributed by atoms with van der Waals surface area (Å²) in [7, 11) is 4.62. The predicted octanol–water partition coefficient (Wildman–Crippen LogP) is 9.46. The number of carbonyl (C=O) groups excluding carboxylic acids is 1. The monoisotopic (exact) mass is 705 g/mol. The number of methoxy groups -OCH3 is 3. The van der Waals surface area contributed by atoms with Gasteiger partial charge in [0.15, 0.2) is 0 Å². The summed E-state index contributed by atoms with van der Waals surface area (Å²) in [6.07, 6.45) is 16.6. The molecule has 0 amide bonds. The molecule has 3 rings (SSSR count). The summed E-state index contributed by atoms with van der Waals surface area (Å²) in [6.45, 7) is 0.695. The van der Waals surface area contributed by atoms with E-state index in [1.54, 1.807) is 18.8 Å². The summed E-state index contributed by atoms with van der Waals surface area (Å²) < 4.78 is 26.0. The molecule has 1 heterocycles. The van der Waals surface area contributed by atoms with Crippen molar-refractivity contribution in [2.75, 3.05) is 32.4 Å². The van der Waals surface area contributed by atoms with E-state index in [4.69, 9.17) is 31.2 Å². The summed E-state index contributed by atoms with van der Waals surface area (Å²) in [4.78, 5) is 12.2. The number of unbranched alkanes of at least 4 members (excludes halogenated alkanes) is 9. The largest absolute Gasteiger partial charge is 0.497 e. The average molecular weight is 706 g/mol. The lowest BCUT2D eigenvalue weighted by atomic mass is 10.00. The van der Waals surface area contributed by atoms with Crippen LogP contribution in [0.1, 0.15) is 64.2 Å². The Bertz CT molecular complexity index is 1330. The molecular formula is C34H44INO5S. The molecule has 0 aliphatic carbocycles. The van der Waals surface area contributed by atoms with E-state index in [1.165, 1.54) is 62.9 Å². The normalized spacial score (nSPS) is 10.9. The Morgan fingerprint density at radius 2 is 1.33 bits per heavy atom. The van der Waals surface area contributed by atoms with Gasteiger partial charge >= 0.3 is 5.97 Å². The molecule has 0 aliphatic heterocycles. The number of nitrogens with zero attached hydrogens (tertiary/aromatic N) is 1. The summed E-state index contributed by atoms with van der Waals surface area (Å²) >= 11 is 8.51. The van der Waals surface area contributed by atoms with Gasteiger partial charge in [0.1, 0.15) is 23.8 Å². The Kier molecular flexibility index (Phi) is 15.2. The first-order valence-electron chi connectivity index (χ1n) is 14.8. The topological polar surface area (TPSA) is 58.9 Å². The van der Waals surface area contributed by atoms with E-state index in [2.05, 4.69) is 22.6 Å². The standard InChI is InChI=1S/C34H44INO5S/c1-38-26-18-19-28(32(22-26)39-2)30-24-36(25-33(37)40-3)23-29(34(30)42)27-16-12-13-17-31(27)41-21-15-11-9-7-5-4-6-8-10-14-20-35/h12-13,16-19,22-24H,4-11,14-15,20-21,25H2,1-3H3. The zero-order valence-corrected chi connectivity index (χ0v) is 28.1. The molecule has 0 bridgehead atoms. The number of hydrogen-bond acceptors (Lipinski definition) is 6. The van der Waals surface area contributed by atoms with Crippen molar-refractivity contribution in [1.82, 2.24) is 4.57 Å². The average Bonchev–Trinajstić information content (AvgIpc) is 3.02. The van der Waals surface area contributed by atoms with Gasteiger partial charge in [-0.25, -0.2) is 0 Å². The van der Waals surface area contributed by atoms with Crippen LogP contribution >= 0.6 is 34.8 Å². The van der Waals surface area contributed by atoms with E-state index in [0.29, 0.717) is 22.6 Å². The van der Waals surface area contributed by atoms with Crippen LogP contribution in [0.2, 0.25) is 0 Å². The van der Waals surface area contributed by atoms with Crippen molar-refractivity contribution < 1.29 is 23.7 Å². The van der Waals surface area contributed by atoms with Crippen LogP contribution in [0.25, 0.3) is 22.3 Å². The lowest BCUT2D eigenvalue weighted by molar-refractivity contribution is -0.141.